The number of thiophene rings is 1. The lowest BCUT2D eigenvalue weighted by atomic mass is 10.0. The minimum atomic E-state index is -0.904. The van der Waals surface area contributed by atoms with Gasteiger partial charge in [0.25, 0.3) is 0 Å². The third-order valence-electron chi connectivity index (χ3n) is 5.91. The molecule has 0 aliphatic heterocycles. The Morgan fingerprint density at radius 2 is 1.91 bits per heavy atom. The minimum Gasteiger partial charge on any atom is -0.497 e. The van der Waals surface area contributed by atoms with E-state index in [1.165, 1.54) is 11.3 Å². The summed E-state index contributed by atoms with van der Waals surface area (Å²) in [5, 5.41) is 5.56. The standard InChI is InChI=1S/C26H27ClN2O3S/c1-32-20-11-6-10-19(16-20)29(24(30)17-21-12-7-15-33-21)25(22-13-4-5-14-23(22)27)26(31)28-18-8-2-3-9-18/h4-7,10-16,18,25H,2-3,8-9,17H2,1H3,(H,28,31)/t25-/m1/s1. The largest absolute Gasteiger partial charge is 0.497 e. The van der Waals surface area contributed by atoms with Crippen LogP contribution in [0.5, 0.6) is 5.75 Å². The Hall–Kier alpha value is -2.83. The highest BCUT2D eigenvalue weighted by molar-refractivity contribution is 7.10. The number of amides is 2. The first-order chi connectivity index (χ1) is 16.1. The van der Waals surface area contributed by atoms with Crippen LogP contribution in [0.25, 0.3) is 0 Å². The molecule has 2 amide bonds. The van der Waals surface area contributed by atoms with Gasteiger partial charge in [0, 0.05) is 33.3 Å². The summed E-state index contributed by atoms with van der Waals surface area (Å²) in [4.78, 5) is 30.0. The summed E-state index contributed by atoms with van der Waals surface area (Å²) in [6.07, 6.45) is 4.27. The Labute approximate surface area is 203 Å². The summed E-state index contributed by atoms with van der Waals surface area (Å²) < 4.78 is 5.41. The van der Waals surface area contributed by atoms with Gasteiger partial charge in [-0.15, -0.1) is 11.3 Å². The number of hydrogen-bond donors (Lipinski definition) is 1. The van der Waals surface area contributed by atoms with Crippen molar-refractivity contribution in [1.82, 2.24) is 5.32 Å². The second-order valence-corrected chi connectivity index (χ2v) is 9.57. The molecular formula is C26H27ClN2O3S. The molecular weight excluding hydrogens is 456 g/mol. The van der Waals surface area contributed by atoms with Crippen molar-refractivity contribution in [2.24, 2.45) is 0 Å². The molecule has 3 aromatic rings. The van der Waals surface area contributed by atoms with E-state index in [0.29, 0.717) is 22.0 Å². The van der Waals surface area contributed by atoms with Crippen molar-refractivity contribution in [1.29, 1.82) is 0 Å². The summed E-state index contributed by atoms with van der Waals surface area (Å²) in [5.41, 5.74) is 1.18. The summed E-state index contributed by atoms with van der Waals surface area (Å²) >= 11 is 8.09. The normalized spacial score (nSPS) is 14.6. The van der Waals surface area contributed by atoms with Gasteiger partial charge in [0.15, 0.2) is 0 Å². The first-order valence-electron chi connectivity index (χ1n) is 11.1. The Bertz CT molecular complexity index is 1100. The SMILES string of the molecule is COc1cccc(N(C(=O)Cc2cccs2)[C@@H](C(=O)NC2CCCC2)c2ccccc2Cl)c1. The van der Waals surface area contributed by atoms with Crippen LogP contribution >= 0.6 is 22.9 Å². The van der Waals surface area contributed by atoms with E-state index in [0.717, 1.165) is 30.6 Å². The van der Waals surface area contributed by atoms with Gasteiger partial charge in [-0.2, -0.15) is 0 Å². The molecule has 1 aromatic heterocycles. The number of benzene rings is 2. The van der Waals surface area contributed by atoms with Crippen LogP contribution in [0, 0.1) is 0 Å². The van der Waals surface area contributed by atoms with Gasteiger partial charge in [0.1, 0.15) is 11.8 Å². The number of carbonyl (C=O) groups excluding carboxylic acids is 2. The number of nitrogens with zero attached hydrogens (tertiary/aromatic N) is 1. The molecule has 1 aliphatic carbocycles. The molecule has 0 radical (unpaired) electrons. The summed E-state index contributed by atoms with van der Waals surface area (Å²) in [6, 6.07) is 17.5. The van der Waals surface area contributed by atoms with E-state index in [9.17, 15) is 9.59 Å². The van der Waals surface area contributed by atoms with Gasteiger partial charge in [-0.1, -0.05) is 54.8 Å². The van der Waals surface area contributed by atoms with Crippen LogP contribution < -0.4 is 15.0 Å². The monoisotopic (exact) mass is 482 g/mol. The van der Waals surface area contributed by atoms with Crippen molar-refractivity contribution >= 4 is 40.4 Å². The van der Waals surface area contributed by atoms with Crippen molar-refractivity contribution < 1.29 is 14.3 Å². The molecule has 1 aliphatic rings. The van der Waals surface area contributed by atoms with Crippen molar-refractivity contribution in [3.8, 4) is 5.75 Å². The predicted molar refractivity (Wildman–Crippen MR) is 133 cm³/mol. The van der Waals surface area contributed by atoms with Crippen molar-refractivity contribution in [2.75, 3.05) is 12.0 Å². The fourth-order valence-electron chi connectivity index (χ4n) is 4.29. The van der Waals surface area contributed by atoms with E-state index in [-0.39, 0.29) is 24.3 Å². The minimum absolute atomic E-state index is 0.113. The summed E-state index contributed by atoms with van der Waals surface area (Å²) in [7, 11) is 1.58. The lowest BCUT2D eigenvalue weighted by Crippen LogP contribution is -2.47. The summed E-state index contributed by atoms with van der Waals surface area (Å²) in [5.74, 6) is 0.199. The van der Waals surface area contributed by atoms with E-state index in [1.807, 2.05) is 53.9 Å². The number of nitrogens with one attached hydrogen (secondary N) is 1. The number of halogens is 1. The first-order valence-corrected chi connectivity index (χ1v) is 12.4. The average molecular weight is 483 g/mol. The van der Waals surface area contributed by atoms with Crippen LogP contribution in [-0.2, 0) is 16.0 Å². The van der Waals surface area contributed by atoms with Gasteiger partial charge < -0.3 is 10.1 Å². The zero-order valence-corrected chi connectivity index (χ0v) is 20.1. The molecule has 0 spiro atoms. The van der Waals surface area contributed by atoms with E-state index in [1.54, 1.807) is 24.1 Å². The molecule has 0 saturated heterocycles. The Morgan fingerprint density at radius 1 is 1.12 bits per heavy atom. The van der Waals surface area contributed by atoms with Crippen molar-refractivity contribution in [3.63, 3.8) is 0 Å². The third-order valence-corrected chi connectivity index (χ3v) is 7.13. The van der Waals surface area contributed by atoms with Gasteiger partial charge >= 0.3 is 0 Å². The molecule has 1 N–H and O–H groups in total. The molecule has 2 aromatic carbocycles. The van der Waals surface area contributed by atoms with Crippen LogP contribution in [0.3, 0.4) is 0 Å². The number of hydrogen-bond acceptors (Lipinski definition) is 4. The van der Waals surface area contributed by atoms with E-state index >= 15 is 0 Å². The van der Waals surface area contributed by atoms with Crippen molar-refractivity contribution in [3.05, 3.63) is 81.5 Å². The van der Waals surface area contributed by atoms with E-state index in [2.05, 4.69) is 5.32 Å². The third kappa shape index (κ3) is 5.57. The van der Waals surface area contributed by atoms with Gasteiger partial charge in [-0.3, -0.25) is 14.5 Å². The molecule has 4 rings (SSSR count). The molecule has 1 saturated carbocycles. The van der Waals surface area contributed by atoms with Crippen LogP contribution in [0.4, 0.5) is 5.69 Å². The molecule has 0 bridgehead atoms. The highest BCUT2D eigenvalue weighted by Crippen LogP contribution is 2.35. The van der Waals surface area contributed by atoms with Crippen LogP contribution in [0.1, 0.15) is 42.2 Å². The van der Waals surface area contributed by atoms with Gasteiger partial charge in [-0.05, 0) is 42.5 Å². The number of anilines is 1. The number of carbonyl (C=O) groups is 2. The quantitative estimate of drug-likeness (QED) is 0.442. The zero-order valence-electron chi connectivity index (χ0n) is 18.5. The topological polar surface area (TPSA) is 58.6 Å². The van der Waals surface area contributed by atoms with Crippen molar-refractivity contribution in [2.45, 2.75) is 44.2 Å². The van der Waals surface area contributed by atoms with E-state index < -0.39 is 6.04 Å². The number of rotatable bonds is 8. The van der Waals surface area contributed by atoms with Crippen LogP contribution in [-0.4, -0.2) is 25.0 Å². The Kier molecular flexibility index (Phi) is 7.68. The average Bonchev–Trinajstić information content (AvgIpc) is 3.52. The fourth-order valence-corrected chi connectivity index (χ4v) is 5.22. The second-order valence-electron chi connectivity index (χ2n) is 8.14. The van der Waals surface area contributed by atoms with Gasteiger partial charge in [0.2, 0.25) is 11.8 Å². The highest BCUT2D eigenvalue weighted by atomic mass is 35.5. The van der Waals surface area contributed by atoms with E-state index in [4.69, 9.17) is 16.3 Å². The Balaban J connectivity index is 1.79. The van der Waals surface area contributed by atoms with Crippen LogP contribution in [0.2, 0.25) is 5.02 Å². The number of ether oxygens (including phenoxy) is 1. The molecule has 33 heavy (non-hydrogen) atoms. The molecule has 1 fully saturated rings. The lowest BCUT2D eigenvalue weighted by Gasteiger charge is -2.33. The van der Waals surface area contributed by atoms with Gasteiger partial charge in [0.05, 0.1) is 13.5 Å². The first kappa shape index (κ1) is 23.3. The highest BCUT2D eigenvalue weighted by Gasteiger charge is 2.35. The lowest BCUT2D eigenvalue weighted by molar-refractivity contribution is -0.127. The second kappa shape index (κ2) is 10.9. The fraction of sp³-hybridized carbons (Fsp3) is 0.308. The van der Waals surface area contributed by atoms with Crippen LogP contribution in [0.15, 0.2) is 66.0 Å². The zero-order chi connectivity index (χ0) is 23.2. The molecule has 5 nitrogen and oxygen atoms in total. The van der Waals surface area contributed by atoms with Gasteiger partial charge in [-0.25, -0.2) is 0 Å². The molecule has 172 valence electrons. The summed E-state index contributed by atoms with van der Waals surface area (Å²) in [6.45, 7) is 0. The Morgan fingerprint density at radius 3 is 2.61 bits per heavy atom. The molecule has 7 heteroatoms. The molecule has 0 unspecified atom stereocenters. The number of methoxy groups -OCH3 is 1. The maximum absolute atomic E-state index is 13.7. The molecule has 1 heterocycles. The molecule has 1 atom stereocenters. The predicted octanol–water partition coefficient (Wildman–Crippen LogP) is 5.79. The maximum Gasteiger partial charge on any atom is 0.248 e. The maximum atomic E-state index is 13.7. The smallest absolute Gasteiger partial charge is 0.248 e.